The van der Waals surface area contributed by atoms with E-state index in [4.69, 9.17) is 9.47 Å². The maximum Gasteiger partial charge on any atom is 0.337 e. The number of carbonyl (C=O) groups is 1. The number of rotatable bonds is 6. The average Bonchev–Trinajstić information content (AvgIpc) is 2.59. The van der Waals surface area contributed by atoms with Gasteiger partial charge in [0.05, 0.1) is 29.2 Å². The zero-order valence-corrected chi connectivity index (χ0v) is 14.5. The number of esters is 1. The van der Waals surface area contributed by atoms with Crippen LogP contribution in [0.1, 0.15) is 15.9 Å². The molecule has 0 radical (unpaired) electrons. The van der Waals surface area contributed by atoms with Crippen LogP contribution in [0.25, 0.3) is 0 Å². The molecule has 24 heavy (non-hydrogen) atoms. The van der Waals surface area contributed by atoms with Crippen molar-refractivity contribution >= 4 is 27.6 Å². The van der Waals surface area contributed by atoms with E-state index in [0.29, 0.717) is 27.1 Å². The topological polar surface area (TPSA) is 87.9 Å². The molecule has 0 aliphatic rings. The van der Waals surface area contributed by atoms with Gasteiger partial charge in [-0.25, -0.2) is 4.79 Å². The molecule has 0 amide bonds. The lowest BCUT2D eigenvalue weighted by Gasteiger charge is -2.12. The van der Waals surface area contributed by atoms with Crippen molar-refractivity contribution in [2.75, 3.05) is 14.2 Å². The number of carbonyl (C=O) groups excluding carboxylic acids is 1. The monoisotopic (exact) mass is 395 g/mol. The maximum atomic E-state index is 11.5. The first-order chi connectivity index (χ1) is 11.5. The first-order valence-corrected chi connectivity index (χ1v) is 7.57. The molecule has 0 N–H and O–H groups in total. The van der Waals surface area contributed by atoms with E-state index in [1.54, 1.807) is 18.2 Å². The summed E-state index contributed by atoms with van der Waals surface area (Å²) in [6, 6.07) is 9.04. The minimum absolute atomic E-state index is 0.0468. The molecule has 2 rings (SSSR count). The highest BCUT2D eigenvalue weighted by atomic mass is 79.9. The van der Waals surface area contributed by atoms with Gasteiger partial charge in [-0.3, -0.25) is 10.1 Å². The summed E-state index contributed by atoms with van der Waals surface area (Å²) in [5, 5.41) is 10.9. The number of methoxy groups -OCH3 is 2. The van der Waals surface area contributed by atoms with E-state index in [0.717, 1.165) is 0 Å². The molecule has 0 atom stereocenters. The standard InChI is InChI=1S/C16H14BrNO6/c1-22-14-6-4-12(18(20)21)7-11(14)9-24-15-5-3-10(8-13(15)17)16(19)23-2/h3-8H,9H2,1-2H3. The van der Waals surface area contributed by atoms with Gasteiger partial charge in [0.2, 0.25) is 0 Å². The number of nitrogens with zero attached hydrogens (tertiary/aromatic N) is 1. The summed E-state index contributed by atoms with van der Waals surface area (Å²) >= 11 is 3.32. The van der Waals surface area contributed by atoms with Crippen molar-refractivity contribution in [3.63, 3.8) is 0 Å². The minimum atomic E-state index is -0.482. The Morgan fingerprint density at radius 3 is 2.46 bits per heavy atom. The van der Waals surface area contributed by atoms with Gasteiger partial charge in [-0.05, 0) is 40.2 Å². The summed E-state index contributed by atoms with van der Waals surface area (Å²) in [6.45, 7) is 0.0705. The second kappa shape index (κ2) is 7.78. The van der Waals surface area contributed by atoms with Crippen LogP contribution in [0.2, 0.25) is 0 Å². The third-order valence-corrected chi connectivity index (χ3v) is 3.83. The predicted molar refractivity (Wildman–Crippen MR) is 89.5 cm³/mol. The van der Waals surface area contributed by atoms with Gasteiger partial charge in [0.15, 0.2) is 0 Å². The summed E-state index contributed by atoms with van der Waals surface area (Å²) in [4.78, 5) is 21.9. The molecule has 0 aromatic heterocycles. The van der Waals surface area contributed by atoms with Gasteiger partial charge in [0.1, 0.15) is 18.1 Å². The summed E-state index contributed by atoms with van der Waals surface area (Å²) in [7, 11) is 2.78. The van der Waals surface area contributed by atoms with Crippen molar-refractivity contribution in [2.24, 2.45) is 0 Å². The zero-order valence-electron chi connectivity index (χ0n) is 12.9. The molecule has 7 nitrogen and oxygen atoms in total. The molecule has 0 aliphatic heterocycles. The highest BCUT2D eigenvalue weighted by Gasteiger charge is 2.13. The molecule has 8 heteroatoms. The van der Waals surface area contributed by atoms with Crippen molar-refractivity contribution in [1.29, 1.82) is 0 Å². The number of ether oxygens (including phenoxy) is 3. The molecule has 0 fully saturated rings. The van der Waals surface area contributed by atoms with Crippen LogP contribution in [0.3, 0.4) is 0 Å². The lowest BCUT2D eigenvalue weighted by molar-refractivity contribution is -0.385. The third kappa shape index (κ3) is 4.02. The Kier molecular flexibility index (Phi) is 5.75. The van der Waals surface area contributed by atoms with E-state index < -0.39 is 10.9 Å². The second-order valence-corrected chi connectivity index (χ2v) is 5.53. The quantitative estimate of drug-likeness (QED) is 0.420. The van der Waals surface area contributed by atoms with E-state index >= 15 is 0 Å². The normalized spacial score (nSPS) is 10.1. The molecular formula is C16H14BrNO6. The smallest absolute Gasteiger partial charge is 0.337 e. The lowest BCUT2D eigenvalue weighted by Crippen LogP contribution is -2.03. The van der Waals surface area contributed by atoms with Gasteiger partial charge in [0, 0.05) is 17.7 Å². The molecule has 0 unspecified atom stereocenters. The van der Waals surface area contributed by atoms with Crippen LogP contribution in [0.15, 0.2) is 40.9 Å². The van der Waals surface area contributed by atoms with Gasteiger partial charge >= 0.3 is 5.97 Å². The number of halogens is 1. The van der Waals surface area contributed by atoms with E-state index in [1.807, 2.05) is 0 Å². The Bertz CT molecular complexity index is 777. The SMILES string of the molecule is COC(=O)c1ccc(OCc2cc([N+](=O)[O-])ccc2OC)c(Br)c1. The molecule has 126 valence electrons. The highest BCUT2D eigenvalue weighted by Crippen LogP contribution is 2.29. The lowest BCUT2D eigenvalue weighted by atomic mass is 10.2. The number of nitro benzene ring substituents is 1. The first kappa shape index (κ1) is 17.7. The number of hydrogen-bond acceptors (Lipinski definition) is 6. The Balaban J connectivity index is 2.20. The Morgan fingerprint density at radius 1 is 1.17 bits per heavy atom. The van der Waals surface area contributed by atoms with Gasteiger partial charge in [0.25, 0.3) is 5.69 Å². The van der Waals surface area contributed by atoms with Gasteiger partial charge in [-0.15, -0.1) is 0 Å². The van der Waals surface area contributed by atoms with Crippen LogP contribution < -0.4 is 9.47 Å². The molecule has 0 bridgehead atoms. The van der Waals surface area contributed by atoms with E-state index in [1.165, 1.54) is 32.4 Å². The van der Waals surface area contributed by atoms with Gasteiger partial charge in [-0.1, -0.05) is 0 Å². The van der Waals surface area contributed by atoms with Gasteiger partial charge < -0.3 is 14.2 Å². The zero-order chi connectivity index (χ0) is 17.7. The maximum absolute atomic E-state index is 11.5. The predicted octanol–water partition coefficient (Wildman–Crippen LogP) is 3.73. The van der Waals surface area contributed by atoms with E-state index in [-0.39, 0.29) is 12.3 Å². The van der Waals surface area contributed by atoms with E-state index in [9.17, 15) is 14.9 Å². The summed E-state index contributed by atoms with van der Waals surface area (Å²) in [5.74, 6) is 0.515. The van der Waals surface area contributed by atoms with Crippen molar-refractivity contribution in [3.05, 3.63) is 62.1 Å². The number of nitro groups is 1. The average molecular weight is 396 g/mol. The summed E-state index contributed by atoms with van der Waals surface area (Å²) in [5.41, 5.74) is 0.870. The molecule has 2 aromatic rings. The molecule has 0 saturated heterocycles. The number of non-ortho nitro benzene ring substituents is 1. The molecule has 2 aromatic carbocycles. The van der Waals surface area contributed by atoms with E-state index in [2.05, 4.69) is 20.7 Å². The van der Waals surface area contributed by atoms with Crippen LogP contribution in [-0.4, -0.2) is 25.1 Å². The fourth-order valence-corrected chi connectivity index (χ4v) is 2.50. The third-order valence-electron chi connectivity index (χ3n) is 3.21. The van der Waals surface area contributed by atoms with Crippen LogP contribution >= 0.6 is 15.9 Å². The highest BCUT2D eigenvalue weighted by molar-refractivity contribution is 9.10. The largest absolute Gasteiger partial charge is 0.496 e. The molecule has 0 saturated carbocycles. The molecule has 0 heterocycles. The Morgan fingerprint density at radius 2 is 1.88 bits per heavy atom. The van der Waals surface area contributed by atoms with Crippen molar-refractivity contribution in [3.8, 4) is 11.5 Å². The first-order valence-electron chi connectivity index (χ1n) is 6.78. The number of hydrogen-bond donors (Lipinski definition) is 0. The van der Waals surface area contributed by atoms with Gasteiger partial charge in [-0.2, -0.15) is 0 Å². The Hall–Kier alpha value is -2.61. The van der Waals surface area contributed by atoms with Crippen LogP contribution in [0.5, 0.6) is 11.5 Å². The molecule has 0 spiro atoms. The van der Waals surface area contributed by atoms with Crippen LogP contribution in [0, 0.1) is 10.1 Å². The number of benzene rings is 2. The van der Waals surface area contributed by atoms with Crippen molar-refractivity contribution in [1.82, 2.24) is 0 Å². The minimum Gasteiger partial charge on any atom is -0.496 e. The molecule has 0 aliphatic carbocycles. The van der Waals surface area contributed by atoms with Crippen molar-refractivity contribution in [2.45, 2.75) is 6.61 Å². The Labute approximate surface area is 146 Å². The van der Waals surface area contributed by atoms with Crippen molar-refractivity contribution < 1.29 is 23.9 Å². The molecular weight excluding hydrogens is 382 g/mol. The second-order valence-electron chi connectivity index (χ2n) is 4.68. The summed E-state index contributed by atoms with van der Waals surface area (Å²) in [6.07, 6.45) is 0. The summed E-state index contributed by atoms with van der Waals surface area (Å²) < 4.78 is 16.1. The van der Waals surface area contributed by atoms with Crippen LogP contribution in [0.4, 0.5) is 5.69 Å². The van der Waals surface area contributed by atoms with Crippen LogP contribution in [-0.2, 0) is 11.3 Å². The fourth-order valence-electron chi connectivity index (χ4n) is 2.01. The fraction of sp³-hybridized carbons (Fsp3) is 0.188.